The summed E-state index contributed by atoms with van der Waals surface area (Å²) < 4.78 is 5.05. The SMILES string of the molecule is CCCNCCc1cccc(Nc2ncc(C)c(Nc3ccc4oc(=O)[nH]c4c3)n2)c1. The highest BCUT2D eigenvalue weighted by atomic mass is 16.4. The Morgan fingerprint density at radius 1 is 1.06 bits per heavy atom. The van der Waals surface area contributed by atoms with Gasteiger partial charge >= 0.3 is 5.76 Å². The Bertz CT molecular complexity index is 1230. The van der Waals surface area contributed by atoms with Gasteiger partial charge in [0, 0.05) is 23.1 Å². The molecule has 0 amide bonds. The molecule has 0 bridgehead atoms. The molecule has 0 spiro atoms. The fraction of sp³-hybridized carbons (Fsp3) is 0.261. The number of benzene rings is 2. The van der Waals surface area contributed by atoms with Crippen molar-refractivity contribution in [2.24, 2.45) is 0 Å². The Balaban J connectivity index is 1.47. The highest BCUT2D eigenvalue weighted by molar-refractivity contribution is 5.78. The number of anilines is 4. The summed E-state index contributed by atoms with van der Waals surface area (Å²) in [6.07, 6.45) is 3.88. The highest BCUT2D eigenvalue weighted by Crippen LogP contribution is 2.23. The molecule has 160 valence electrons. The van der Waals surface area contributed by atoms with Crippen molar-refractivity contribution < 1.29 is 4.42 Å². The molecule has 0 radical (unpaired) electrons. The lowest BCUT2D eigenvalue weighted by Gasteiger charge is -2.12. The van der Waals surface area contributed by atoms with Crippen LogP contribution in [0.15, 0.2) is 57.9 Å². The maximum absolute atomic E-state index is 11.4. The van der Waals surface area contributed by atoms with Gasteiger partial charge in [-0.2, -0.15) is 4.98 Å². The first-order chi connectivity index (χ1) is 15.1. The summed E-state index contributed by atoms with van der Waals surface area (Å²) in [5, 5.41) is 10.00. The van der Waals surface area contributed by atoms with Crippen LogP contribution < -0.4 is 21.7 Å². The number of nitrogens with one attached hydrogen (secondary N) is 4. The van der Waals surface area contributed by atoms with Gasteiger partial charge in [-0.1, -0.05) is 19.1 Å². The van der Waals surface area contributed by atoms with Crippen LogP contribution >= 0.6 is 0 Å². The van der Waals surface area contributed by atoms with E-state index in [9.17, 15) is 4.79 Å². The molecule has 31 heavy (non-hydrogen) atoms. The largest absolute Gasteiger partial charge is 0.417 e. The monoisotopic (exact) mass is 418 g/mol. The van der Waals surface area contributed by atoms with Crippen molar-refractivity contribution in [3.8, 4) is 0 Å². The first-order valence-corrected chi connectivity index (χ1v) is 10.4. The summed E-state index contributed by atoms with van der Waals surface area (Å²) in [6.45, 7) is 6.10. The molecule has 4 N–H and O–H groups in total. The Morgan fingerprint density at radius 2 is 1.94 bits per heavy atom. The quantitative estimate of drug-likeness (QED) is 0.301. The van der Waals surface area contributed by atoms with Gasteiger partial charge in [-0.05, 0) is 68.8 Å². The number of fused-ring (bicyclic) bond motifs is 1. The molecule has 0 atom stereocenters. The minimum absolute atomic E-state index is 0.472. The number of oxazole rings is 1. The zero-order valence-electron chi connectivity index (χ0n) is 17.7. The van der Waals surface area contributed by atoms with E-state index >= 15 is 0 Å². The lowest BCUT2D eigenvalue weighted by atomic mass is 10.1. The molecular formula is C23H26N6O2. The number of aryl methyl sites for hydroxylation is 1. The molecular weight excluding hydrogens is 392 g/mol. The third-order valence-corrected chi connectivity index (χ3v) is 4.85. The van der Waals surface area contributed by atoms with E-state index in [1.807, 2.05) is 31.2 Å². The number of hydrogen-bond donors (Lipinski definition) is 4. The maximum atomic E-state index is 11.4. The second-order valence-corrected chi connectivity index (χ2v) is 7.40. The van der Waals surface area contributed by atoms with Crippen LogP contribution in [0, 0.1) is 6.92 Å². The molecule has 0 saturated carbocycles. The van der Waals surface area contributed by atoms with Crippen LogP contribution in [0.3, 0.4) is 0 Å². The van der Waals surface area contributed by atoms with Crippen LogP contribution in [0.5, 0.6) is 0 Å². The van der Waals surface area contributed by atoms with Crippen LogP contribution in [-0.2, 0) is 6.42 Å². The minimum atomic E-state index is -0.472. The second-order valence-electron chi connectivity index (χ2n) is 7.40. The minimum Gasteiger partial charge on any atom is -0.408 e. The highest BCUT2D eigenvalue weighted by Gasteiger charge is 2.08. The normalized spacial score (nSPS) is 11.0. The molecule has 2 heterocycles. The van der Waals surface area contributed by atoms with Crippen molar-refractivity contribution in [2.45, 2.75) is 26.7 Å². The Morgan fingerprint density at radius 3 is 2.81 bits per heavy atom. The molecule has 0 saturated heterocycles. The summed E-state index contributed by atoms with van der Waals surface area (Å²) in [7, 11) is 0. The number of hydrogen-bond acceptors (Lipinski definition) is 7. The first-order valence-electron chi connectivity index (χ1n) is 10.4. The van der Waals surface area contributed by atoms with Gasteiger partial charge in [-0.15, -0.1) is 0 Å². The summed E-state index contributed by atoms with van der Waals surface area (Å²) >= 11 is 0. The van der Waals surface area contributed by atoms with Crippen LogP contribution in [0.4, 0.5) is 23.1 Å². The number of nitrogens with zero attached hydrogens (tertiary/aromatic N) is 2. The molecule has 8 nitrogen and oxygen atoms in total. The average Bonchev–Trinajstić information content (AvgIpc) is 3.13. The topological polar surface area (TPSA) is 108 Å². The maximum Gasteiger partial charge on any atom is 0.417 e. The van der Waals surface area contributed by atoms with Gasteiger partial charge in [0.2, 0.25) is 5.95 Å². The smallest absolute Gasteiger partial charge is 0.408 e. The molecule has 4 rings (SSSR count). The second kappa shape index (κ2) is 9.44. The molecule has 2 aromatic heterocycles. The van der Waals surface area contributed by atoms with Gasteiger partial charge in [0.25, 0.3) is 0 Å². The summed E-state index contributed by atoms with van der Waals surface area (Å²) in [6, 6.07) is 13.7. The molecule has 0 aliphatic rings. The van der Waals surface area contributed by atoms with Crippen LogP contribution in [-0.4, -0.2) is 28.0 Å². The molecule has 4 aromatic rings. The van der Waals surface area contributed by atoms with Crippen molar-refractivity contribution in [1.82, 2.24) is 20.3 Å². The van der Waals surface area contributed by atoms with Crippen LogP contribution in [0.1, 0.15) is 24.5 Å². The van der Waals surface area contributed by atoms with E-state index in [0.29, 0.717) is 22.9 Å². The summed E-state index contributed by atoms with van der Waals surface area (Å²) in [4.78, 5) is 23.1. The Kier molecular flexibility index (Phi) is 6.28. The van der Waals surface area contributed by atoms with E-state index < -0.39 is 5.76 Å². The predicted molar refractivity (Wildman–Crippen MR) is 123 cm³/mol. The van der Waals surface area contributed by atoms with Gasteiger partial charge in [-0.25, -0.2) is 9.78 Å². The van der Waals surface area contributed by atoms with Gasteiger partial charge in [0.15, 0.2) is 5.58 Å². The predicted octanol–water partition coefficient (Wildman–Crippen LogP) is 4.25. The van der Waals surface area contributed by atoms with E-state index in [2.05, 4.69) is 50.0 Å². The van der Waals surface area contributed by atoms with Gasteiger partial charge in [-0.3, -0.25) is 4.98 Å². The van der Waals surface area contributed by atoms with Crippen molar-refractivity contribution >= 4 is 34.2 Å². The van der Waals surface area contributed by atoms with Crippen LogP contribution in [0.2, 0.25) is 0 Å². The third-order valence-electron chi connectivity index (χ3n) is 4.85. The average molecular weight is 419 g/mol. The summed E-state index contributed by atoms with van der Waals surface area (Å²) in [5.41, 5.74) is 5.04. The third kappa shape index (κ3) is 5.29. The zero-order valence-corrected chi connectivity index (χ0v) is 17.7. The van der Waals surface area contributed by atoms with Crippen molar-refractivity contribution in [1.29, 1.82) is 0 Å². The number of H-pyrrole nitrogens is 1. The molecule has 8 heteroatoms. The van der Waals surface area contributed by atoms with Crippen LogP contribution in [0.25, 0.3) is 11.1 Å². The number of aromatic nitrogens is 3. The molecule has 0 fully saturated rings. The van der Waals surface area contributed by atoms with Crippen molar-refractivity contribution in [2.75, 3.05) is 23.7 Å². The Hall–Kier alpha value is -3.65. The van der Waals surface area contributed by atoms with Gasteiger partial charge in [0.1, 0.15) is 5.82 Å². The molecule has 0 aliphatic carbocycles. The Labute approximate surface area is 180 Å². The number of aromatic amines is 1. The molecule has 0 unspecified atom stereocenters. The summed E-state index contributed by atoms with van der Waals surface area (Å²) in [5.74, 6) is 0.718. The van der Waals surface area contributed by atoms with Crippen molar-refractivity contribution in [3.05, 3.63) is 70.3 Å². The zero-order chi connectivity index (χ0) is 21.6. The molecule has 0 aliphatic heterocycles. The fourth-order valence-electron chi connectivity index (χ4n) is 3.26. The number of rotatable bonds is 9. The van der Waals surface area contributed by atoms with Gasteiger partial charge < -0.3 is 20.4 Å². The standard InChI is InChI=1S/C23H26N6O2/c1-3-10-24-11-9-16-5-4-6-17(12-16)27-22-25-14-15(2)21(29-22)26-18-7-8-20-19(13-18)28-23(30)31-20/h4-8,12-14,24H,3,9-11H2,1-2H3,(H,28,30)(H2,25,26,27,29). The van der Waals surface area contributed by atoms with E-state index in [1.165, 1.54) is 5.56 Å². The molecule has 2 aromatic carbocycles. The lowest BCUT2D eigenvalue weighted by Crippen LogP contribution is -2.17. The lowest BCUT2D eigenvalue weighted by molar-refractivity contribution is 0.555. The fourth-order valence-corrected chi connectivity index (χ4v) is 3.26. The van der Waals surface area contributed by atoms with E-state index in [-0.39, 0.29) is 0 Å². The van der Waals surface area contributed by atoms with E-state index in [4.69, 9.17) is 4.42 Å². The van der Waals surface area contributed by atoms with E-state index in [0.717, 1.165) is 42.9 Å². The van der Waals surface area contributed by atoms with Crippen molar-refractivity contribution in [3.63, 3.8) is 0 Å². The van der Waals surface area contributed by atoms with Gasteiger partial charge in [0.05, 0.1) is 5.52 Å². The first kappa shape index (κ1) is 20.6. The van der Waals surface area contributed by atoms with E-state index in [1.54, 1.807) is 12.3 Å².